The SMILES string of the molecule is CC(C)C(CN(C)C)NC(=O)C1CSCCN1. The summed E-state index contributed by atoms with van der Waals surface area (Å²) in [4.78, 5) is 14.2. The lowest BCUT2D eigenvalue weighted by Gasteiger charge is -2.29. The summed E-state index contributed by atoms with van der Waals surface area (Å²) >= 11 is 1.85. The molecule has 100 valence electrons. The summed E-state index contributed by atoms with van der Waals surface area (Å²) in [7, 11) is 4.08. The number of carbonyl (C=O) groups is 1. The zero-order valence-corrected chi connectivity index (χ0v) is 12.1. The van der Waals surface area contributed by atoms with E-state index in [0.29, 0.717) is 5.92 Å². The van der Waals surface area contributed by atoms with Crippen molar-refractivity contribution in [2.75, 3.05) is 38.7 Å². The summed E-state index contributed by atoms with van der Waals surface area (Å²) in [5.41, 5.74) is 0. The van der Waals surface area contributed by atoms with Gasteiger partial charge in [0, 0.05) is 30.6 Å². The Bertz CT molecular complexity index is 240. The fourth-order valence-corrected chi connectivity index (χ4v) is 2.77. The topological polar surface area (TPSA) is 44.4 Å². The standard InChI is InChI=1S/C12H25N3OS/c1-9(2)10(7-15(3)4)14-12(16)11-8-17-6-5-13-11/h9-11,13H,5-8H2,1-4H3,(H,14,16). The van der Waals surface area contributed by atoms with E-state index in [1.807, 2.05) is 25.9 Å². The molecule has 0 radical (unpaired) electrons. The second-order valence-corrected chi connectivity index (χ2v) is 6.35. The van der Waals surface area contributed by atoms with Crippen LogP contribution in [0.4, 0.5) is 0 Å². The highest BCUT2D eigenvalue weighted by molar-refractivity contribution is 7.99. The van der Waals surface area contributed by atoms with Crippen LogP contribution in [0.2, 0.25) is 0 Å². The number of nitrogens with one attached hydrogen (secondary N) is 2. The summed E-state index contributed by atoms with van der Waals surface area (Å²) in [6, 6.07) is 0.211. The van der Waals surface area contributed by atoms with Crippen LogP contribution in [-0.2, 0) is 4.79 Å². The zero-order chi connectivity index (χ0) is 12.8. The van der Waals surface area contributed by atoms with E-state index in [1.54, 1.807) is 0 Å². The molecule has 2 atom stereocenters. The predicted octanol–water partition coefficient (Wildman–Crippen LogP) is 0.394. The van der Waals surface area contributed by atoms with E-state index in [4.69, 9.17) is 0 Å². The number of thioether (sulfide) groups is 1. The van der Waals surface area contributed by atoms with Crippen LogP contribution in [0.5, 0.6) is 0 Å². The molecule has 17 heavy (non-hydrogen) atoms. The van der Waals surface area contributed by atoms with Gasteiger partial charge in [-0.1, -0.05) is 13.8 Å². The average Bonchev–Trinajstić information content (AvgIpc) is 2.28. The fraction of sp³-hybridized carbons (Fsp3) is 0.917. The Labute approximate surface area is 109 Å². The second kappa shape index (κ2) is 7.24. The Balaban J connectivity index is 2.44. The molecule has 0 spiro atoms. The summed E-state index contributed by atoms with van der Waals surface area (Å²) in [6.07, 6.45) is 0. The molecule has 4 nitrogen and oxygen atoms in total. The minimum atomic E-state index is -0.0165. The number of amides is 1. The quantitative estimate of drug-likeness (QED) is 0.750. The molecule has 2 N–H and O–H groups in total. The average molecular weight is 259 g/mol. The van der Waals surface area contributed by atoms with Crippen LogP contribution >= 0.6 is 11.8 Å². The number of hydrogen-bond donors (Lipinski definition) is 2. The Morgan fingerprint density at radius 1 is 1.53 bits per heavy atom. The van der Waals surface area contributed by atoms with Gasteiger partial charge in [0.15, 0.2) is 0 Å². The van der Waals surface area contributed by atoms with Crippen LogP contribution in [0.25, 0.3) is 0 Å². The molecular formula is C12H25N3OS. The van der Waals surface area contributed by atoms with E-state index in [-0.39, 0.29) is 18.0 Å². The van der Waals surface area contributed by atoms with Gasteiger partial charge in [0.25, 0.3) is 0 Å². The van der Waals surface area contributed by atoms with Crippen molar-refractivity contribution < 1.29 is 4.79 Å². The highest BCUT2D eigenvalue weighted by atomic mass is 32.2. The summed E-state index contributed by atoms with van der Waals surface area (Å²) < 4.78 is 0. The molecule has 0 aromatic rings. The molecule has 0 aliphatic carbocycles. The first-order chi connectivity index (χ1) is 8.00. The number of likely N-dealkylation sites (N-methyl/N-ethyl adjacent to an activating group) is 1. The lowest BCUT2D eigenvalue weighted by atomic mass is 10.0. The van der Waals surface area contributed by atoms with Crippen LogP contribution in [0, 0.1) is 5.92 Å². The minimum absolute atomic E-state index is 0.0165. The molecule has 0 saturated carbocycles. The maximum atomic E-state index is 12.1. The van der Waals surface area contributed by atoms with Crippen LogP contribution in [0.3, 0.4) is 0 Å². The molecule has 0 bridgehead atoms. The number of rotatable bonds is 5. The van der Waals surface area contributed by atoms with Gasteiger partial charge in [-0.05, 0) is 20.0 Å². The molecule has 1 fully saturated rings. The van der Waals surface area contributed by atoms with Gasteiger partial charge in [0.2, 0.25) is 5.91 Å². The van der Waals surface area contributed by atoms with Crippen molar-refractivity contribution in [2.24, 2.45) is 5.92 Å². The monoisotopic (exact) mass is 259 g/mol. The van der Waals surface area contributed by atoms with Crippen molar-refractivity contribution in [3.05, 3.63) is 0 Å². The summed E-state index contributed by atoms with van der Waals surface area (Å²) in [5, 5.41) is 6.43. The number of hydrogen-bond acceptors (Lipinski definition) is 4. The van der Waals surface area contributed by atoms with Gasteiger partial charge in [-0.25, -0.2) is 0 Å². The fourth-order valence-electron chi connectivity index (χ4n) is 1.83. The third kappa shape index (κ3) is 5.27. The molecule has 1 rings (SSSR count). The van der Waals surface area contributed by atoms with Gasteiger partial charge in [0.05, 0.1) is 6.04 Å². The summed E-state index contributed by atoms with van der Waals surface area (Å²) in [5.74, 6) is 2.60. The van der Waals surface area contributed by atoms with Crippen LogP contribution in [0.15, 0.2) is 0 Å². The van der Waals surface area contributed by atoms with E-state index in [1.165, 1.54) is 0 Å². The Morgan fingerprint density at radius 3 is 2.71 bits per heavy atom. The molecular weight excluding hydrogens is 234 g/mol. The maximum absolute atomic E-state index is 12.1. The van der Waals surface area contributed by atoms with Crippen molar-refractivity contribution in [2.45, 2.75) is 25.9 Å². The third-order valence-corrected chi connectivity index (χ3v) is 3.99. The highest BCUT2D eigenvalue weighted by Gasteiger charge is 2.24. The summed E-state index contributed by atoms with van der Waals surface area (Å²) in [6.45, 7) is 6.13. The second-order valence-electron chi connectivity index (χ2n) is 5.20. The number of carbonyl (C=O) groups excluding carboxylic acids is 1. The first-order valence-electron chi connectivity index (χ1n) is 6.27. The Morgan fingerprint density at radius 2 is 2.24 bits per heavy atom. The van der Waals surface area contributed by atoms with Gasteiger partial charge >= 0.3 is 0 Å². The molecule has 1 saturated heterocycles. The molecule has 0 aromatic heterocycles. The molecule has 5 heteroatoms. The van der Waals surface area contributed by atoms with Gasteiger partial charge in [0.1, 0.15) is 0 Å². The Hall–Kier alpha value is -0.260. The van der Waals surface area contributed by atoms with Crippen molar-refractivity contribution in [1.29, 1.82) is 0 Å². The van der Waals surface area contributed by atoms with Crippen LogP contribution < -0.4 is 10.6 Å². The van der Waals surface area contributed by atoms with Crippen molar-refractivity contribution >= 4 is 17.7 Å². The van der Waals surface area contributed by atoms with E-state index < -0.39 is 0 Å². The normalized spacial score (nSPS) is 22.8. The zero-order valence-electron chi connectivity index (χ0n) is 11.3. The van der Waals surface area contributed by atoms with E-state index in [9.17, 15) is 4.79 Å². The van der Waals surface area contributed by atoms with E-state index >= 15 is 0 Å². The molecule has 1 amide bonds. The molecule has 1 aliphatic heterocycles. The molecule has 2 unspecified atom stereocenters. The molecule has 1 aliphatic rings. The van der Waals surface area contributed by atoms with E-state index in [0.717, 1.165) is 24.6 Å². The maximum Gasteiger partial charge on any atom is 0.238 e. The van der Waals surface area contributed by atoms with Crippen molar-refractivity contribution in [1.82, 2.24) is 15.5 Å². The van der Waals surface area contributed by atoms with Gasteiger partial charge in [-0.2, -0.15) is 11.8 Å². The minimum Gasteiger partial charge on any atom is -0.350 e. The first kappa shape index (κ1) is 14.8. The third-order valence-electron chi connectivity index (χ3n) is 2.93. The van der Waals surface area contributed by atoms with Gasteiger partial charge < -0.3 is 15.5 Å². The smallest absolute Gasteiger partial charge is 0.238 e. The lowest BCUT2D eigenvalue weighted by Crippen LogP contribution is -2.54. The molecule has 1 heterocycles. The van der Waals surface area contributed by atoms with Crippen molar-refractivity contribution in [3.8, 4) is 0 Å². The first-order valence-corrected chi connectivity index (χ1v) is 7.42. The highest BCUT2D eigenvalue weighted by Crippen LogP contribution is 2.09. The van der Waals surface area contributed by atoms with Crippen LogP contribution in [0.1, 0.15) is 13.8 Å². The number of nitrogens with zero attached hydrogens (tertiary/aromatic N) is 1. The van der Waals surface area contributed by atoms with E-state index in [2.05, 4.69) is 29.4 Å². The van der Waals surface area contributed by atoms with Crippen LogP contribution in [-0.4, -0.2) is 61.6 Å². The van der Waals surface area contributed by atoms with Crippen molar-refractivity contribution in [3.63, 3.8) is 0 Å². The largest absolute Gasteiger partial charge is 0.350 e. The van der Waals surface area contributed by atoms with Gasteiger partial charge in [-0.3, -0.25) is 4.79 Å². The Kier molecular flexibility index (Phi) is 6.30. The van der Waals surface area contributed by atoms with Gasteiger partial charge in [-0.15, -0.1) is 0 Å². The predicted molar refractivity (Wildman–Crippen MR) is 74.4 cm³/mol. The lowest BCUT2D eigenvalue weighted by molar-refractivity contribution is -0.123. The molecule has 0 aromatic carbocycles.